The summed E-state index contributed by atoms with van der Waals surface area (Å²) >= 11 is 5.90. The van der Waals surface area contributed by atoms with Gasteiger partial charge in [-0.3, -0.25) is 0 Å². The summed E-state index contributed by atoms with van der Waals surface area (Å²) in [4.78, 5) is 0. The van der Waals surface area contributed by atoms with Crippen molar-refractivity contribution in [3.63, 3.8) is 0 Å². The fourth-order valence-electron chi connectivity index (χ4n) is 1.55. The van der Waals surface area contributed by atoms with Crippen molar-refractivity contribution in [1.29, 1.82) is 0 Å². The van der Waals surface area contributed by atoms with E-state index in [4.69, 9.17) is 16.7 Å². The van der Waals surface area contributed by atoms with Gasteiger partial charge in [-0.15, -0.1) is 0 Å². The first-order valence-electron chi connectivity index (χ1n) is 4.83. The van der Waals surface area contributed by atoms with Crippen LogP contribution >= 0.6 is 11.6 Å². The van der Waals surface area contributed by atoms with Gasteiger partial charge in [0.1, 0.15) is 11.6 Å². The van der Waals surface area contributed by atoms with Crippen LogP contribution in [0.3, 0.4) is 0 Å². The van der Waals surface area contributed by atoms with Gasteiger partial charge in [0.05, 0.1) is 0 Å². The van der Waals surface area contributed by atoms with Gasteiger partial charge in [-0.05, 0) is 42.3 Å². The number of aryl methyl sites for hydroxylation is 1. The van der Waals surface area contributed by atoms with Crippen molar-refractivity contribution in [2.75, 3.05) is 0 Å². The minimum Gasteiger partial charge on any atom is -0.508 e. The lowest BCUT2D eigenvalue weighted by atomic mass is 10.0. The van der Waals surface area contributed by atoms with Crippen molar-refractivity contribution >= 4 is 11.6 Å². The van der Waals surface area contributed by atoms with Crippen LogP contribution in [0.25, 0.3) is 11.1 Å². The van der Waals surface area contributed by atoms with E-state index in [1.54, 1.807) is 18.2 Å². The molecule has 16 heavy (non-hydrogen) atoms. The summed E-state index contributed by atoms with van der Waals surface area (Å²) < 4.78 is 13.6. The van der Waals surface area contributed by atoms with Crippen molar-refractivity contribution in [2.45, 2.75) is 6.92 Å². The number of phenolic OH excluding ortho intramolecular Hbond substituents is 1. The number of aromatic hydroxyl groups is 1. The molecule has 0 aromatic heterocycles. The van der Waals surface area contributed by atoms with Crippen molar-refractivity contribution in [1.82, 2.24) is 0 Å². The molecule has 0 bridgehead atoms. The van der Waals surface area contributed by atoms with E-state index in [0.717, 1.165) is 17.2 Å². The lowest BCUT2D eigenvalue weighted by Crippen LogP contribution is -1.85. The fraction of sp³-hybridized carbons (Fsp3) is 0.0769. The third kappa shape index (κ3) is 2.02. The predicted molar refractivity (Wildman–Crippen MR) is 63.2 cm³/mol. The maximum atomic E-state index is 13.6. The Kier molecular flexibility index (Phi) is 2.84. The second-order valence-corrected chi connectivity index (χ2v) is 4.04. The molecule has 0 saturated heterocycles. The van der Waals surface area contributed by atoms with E-state index in [1.165, 1.54) is 6.07 Å². The molecule has 3 heteroatoms. The molecule has 1 nitrogen and oxygen atoms in total. The van der Waals surface area contributed by atoms with Gasteiger partial charge in [0, 0.05) is 16.7 Å². The minimum atomic E-state index is -0.443. The van der Waals surface area contributed by atoms with Gasteiger partial charge in [-0.25, -0.2) is 4.39 Å². The SMILES string of the molecule is Cc1cc(-c2ccc(O)cc2F)ccc1Cl. The Balaban J connectivity index is 2.54. The third-order valence-electron chi connectivity index (χ3n) is 2.42. The molecule has 0 unspecified atom stereocenters. The van der Waals surface area contributed by atoms with Crippen molar-refractivity contribution in [3.8, 4) is 16.9 Å². The Morgan fingerprint density at radius 3 is 2.50 bits per heavy atom. The summed E-state index contributed by atoms with van der Waals surface area (Å²) in [5, 5.41) is 9.78. The topological polar surface area (TPSA) is 20.2 Å². The average Bonchev–Trinajstić information content (AvgIpc) is 2.22. The van der Waals surface area contributed by atoms with Crippen LogP contribution in [0, 0.1) is 12.7 Å². The quantitative estimate of drug-likeness (QED) is 0.788. The molecule has 0 aliphatic heterocycles. The molecule has 1 N–H and O–H groups in total. The van der Waals surface area contributed by atoms with Gasteiger partial charge < -0.3 is 5.11 Å². The summed E-state index contributed by atoms with van der Waals surface area (Å²) in [6.07, 6.45) is 0. The Hall–Kier alpha value is -1.54. The molecule has 2 rings (SSSR count). The maximum absolute atomic E-state index is 13.6. The molecule has 0 fully saturated rings. The number of phenols is 1. The van der Waals surface area contributed by atoms with Crippen molar-refractivity contribution < 1.29 is 9.50 Å². The molecular weight excluding hydrogens is 227 g/mol. The molecule has 0 atom stereocenters. The first kappa shape index (κ1) is 11.0. The predicted octanol–water partition coefficient (Wildman–Crippen LogP) is 4.16. The minimum absolute atomic E-state index is 0.0769. The average molecular weight is 237 g/mol. The van der Waals surface area contributed by atoms with Crippen LogP contribution in [0.4, 0.5) is 4.39 Å². The summed E-state index contributed by atoms with van der Waals surface area (Å²) in [6, 6.07) is 9.41. The van der Waals surface area contributed by atoms with Gasteiger partial charge in [-0.2, -0.15) is 0 Å². The number of rotatable bonds is 1. The van der Waals surface area contributed by atoms with Crippen LogP contribution in [0.15, 0.2) is 36.4 Å². The smallest absolute Gasteiger partial charge is 0.134 e. The van der Waals surface area contributed by atoms with Crippen molar-refractivity contribution in [2.24, 2.45) is 0 Å². The Morgan fingerprint density at radius 2 is 1.88 bits per heavy atom. The van der Waals surface area contributed by atoms with Crippen LogP contribution in [-0.2, 0) is 0 Å². The zero-order valence-electron chi connectivity index (χ0n) is 8.67. The lowest BCUT2D eigenvalue weighted by Gasteiger charge is -2.06. The normalized spacial score (nSPS) is 10.4. The van der Waals surface area contributed by atoms with Crippen LogP contribution in [0.5, 0.6) is 5.75 Å². The van der Waals surface area contributed by atoms with E-state index in [1.807, 2.05) is 13.0 Å². The molecule has 0 aliphatic carbocycles. The third-order valence-corrected chi connectivity index (χ3v) is 2.85. The zero-order chi connectivity index (χ0) is 11.7. The van der Waals surface area contributed by atoms with Gasteiger partial charge in [-0.1, -0.05) is 17.7 Å². The van der Waals surface area contributed by atoms with Gasteiger partial charge in [0.25, 0.3) is 0 Å². The molecule has 0 amide bonds. The number of halogens is 2. The van der Waals surface area contributed by atoms with E-state index in [2.05, 4.69) is 0 Å². The Labute approximate surface area is 98.1 Å². The monoisotopic (exact) mass is 236 g/mol. The molecule has 0 aliphatic rings. The summed E-state index contributed by atoms with van der Waals surface area (Å²) in [7, 11) is 0. The van der Waals surface area contributed by atoms with E-state index >= 15 is 0 Å². The Bertz CT molecular complexity index is 537. The molecule has 0 heterocycles. The molecular formula is C13H10ClFO. The fourth-order valence-corrected chi connectivity index (χ4v) is 1.67. The van der Waals surface area contributed by atoms with E-state index in [9.17, 15) is 4.39 Å². The van der Waals surface area contributed by atoms with Crippen molar-refractivity contribution in [3.05, 3.63) is 52.8 Å². The van der Waals surface area contributed by atoms with E-state index in [0.29, 0.717) is 10.6 Å². The van der Waals surface area contributed by atoms with Crippen LogP contribution in [0.1, 0.15) is 5.56 Å². The van der Waals surface area contributed by atoms with Gasteiger partial charge in [0.2, 0.25) is 0 Å². The first-order valence-corrected chi connectivity index (χ1v) is 5.21. The second kappa shape index (κ2) is 4.14. The Morgan fingerprint density at radius 1 is 1.12 bits per heavy atom. The molecule has 0 saturated carbocycles. The highest BCUT2D eigenvalue weighted by Crippen LogP contribution is 2.28. The molecule has 2 aromatic carbocycles. The van der Waals surface area contributed by atoms with E-state index in [-0.39, 0.29) is 5.75 Å². The van der Waals surface area contributed by atoms with Gasteiger partial charge in [0.15, 0.2) is 0 Å². The van der Waals surface area contributed by atoms with Crippen LogP contribution < -0.4 is 0 Å². The standard InChI is InChI=1S/C13H10ClFO/c1-8-6-9(2-5-12(8)14)11-4-3-10(16)7-13(11)15/h2-7,16H,1H3. The maximum Gasteiger partial charge on any atom is 0.134 e. The van der Waals surface area contributed by atoms with Crippen LogP contribution in [0.2, 0.25) is 5.02 Å². The van der Waals surface area contributed by atoms with Gasteiger partial charge >= 0.3 is 0 Å². The molecule has 2 aromatic rings. The summed E-state index contributed by atoms with van der Waals surface area (Å²) in [5.74, 6) is -0.520. The number of hydrogen-bond acceptors (Lipinski definition) is 1. The highest BCUT2D eigenvalue weighted by atomic mass is 35.5. The highest BCUT2D eigenvalue weighted by molar-refractivity contribution is 6.31. The molecule has 82 valence electrons. The van der Waals surface area contributed by atoms with Crippen LogP contribution in [-0.4, -0.2) is 5.11 Å². The highest BCUT2D eigenvalue weighted by Gasteiger charge is 2.07. The van der Waals surface area contributed by atoms with E-state index < -0.39 is 5.82 Å². The molecule has 0 spiro atoms. The number of hydrogen-bond donors (Lipinski definition) is 1. The lowest BCUT2D eigenvalue weighted by molar-refractivity contribution is 0.469. The first-order chi connectivity index (χ1) is 7.58. The largest absolute Gasteiger partial charge is 0.508 e. The second-order valence-electron chi connectivity index (χ2n) is 3.63. The number of benzene rings is 2. The molecule has 0 radical (unpaired) electrons. The summed E-state index contributed by atoms with van der Waals surface area (Å²) in [5.41, 5.74) is 2.10. The zero-order valence-corrected chi connectivity index (χ0v) is 9.42. The summed E-state index contributed by atoms with van der Waals surface area (Å²) in [6.45, 7) is 1.87.